The lowest BCUT2D eigenvalue weighted by Gasteiger charge is -2.15. The molecular weight excluding hydrogens is 226 g/mol. The molecule has 3 nitrogen and oxygen atoms in total. The molecular formula is C15H21NO2. The van der Waals surface area contributed by atoms with Crippen molar-refractivity contribution in [3.05, 3.63) is 48.2 Å². The summed E-state index contributed by atoms with van der Waals surface area (Å²) in [6, 6.07) is 0. The summed E-state index contributed by atoms with van der Waals surface area (Å²) in [5.74, 6) is -0.402. The maximum Gasteiger partial charge on any atom is 0.209 e. The van der Waals surface area contributed by atoms with E-state index < -0.39 is 0 Å². The lowest BCUT2D eigenvalue weighted by atomic mass is 9.92. The third kappa shape index (κ3) is 3.55. The first-order valence-corrected chi connectivity index (χ1v) is 6.19. The van der Waals surface area contributed by atoms with Gasteiger partial charge in [0.05, 0.1) is 5.70 Å². The smallest absolute Gasteiger partial charge is 0.209 e. The standard InChI is InChI=1S/C13H15NO2.C2H6/c1-4-7-14-11-8-12(15)9(5-2)10(6-3)13(11)16;1-2/h5-6,8,14H,2-4,7H2,1H3;1-2H3. The predicted molar refractivity (Wildman–Crippen MR) is 75.2 cm³/mol. The van der Waals surface area contributed by atoms with E-state index in [4.69, 9.17) is 0 Å². The molecule has 0 spiro atoms. The van der Waals surface area contributed by atoms with Gasteiger partial charge in [0, 0.05) is 23.8 Å². The summed E-state index contributed by atoms with van der Waals surface area (Å²) in [5.41, 5.74) is 0.982. The molecule has 1 N–H and O–H groups in total. The molecule has 0 aromatic rings. The molecule has 0 saturated carbocycles. The third-order valence-corrected chi connectivity index (χ3v) is 2.29. The molecule has 0 unspecified atom stereocenters. The first-order valence-electron chi connectivity index (χ1n) is 6.19. The summed E-state index contributed by atoms with van der Waals surface area (Å²) in [5, 5.41) is 2.93. The van der Waals surface area contributed by atoms with Crippen LogP contribution in [0.15, 0.2) is 48.2 Å². The third-order valence-electron chi connectivity index (χ3n) is 2.29. The molecule has 0 atom stereocenters. The van der Waals surface area contributed by atoms with E-state index in [0.29, 0.717) is 23.4 Å². The summed E-state index contributed by atoms with van der Waals surface area (Å²) in [6.07, 6.45) is 5.00. The van der Waals surface area contributed by atoms with Gasteiger partial charge in [0.1, 0.15) is 0 Å². The average molecular weight is 247 g/mol. The number of ketones is 2. The van der Waals surface area contributed by atoms with E-state index >= 15 is 0 Å². The summed E-state index contributed by atoms with van der Waals surface area (Å²) in [6.45, 7) is 13.7. The topological polar surface area (TPSA) is 46.2 Å². The second-order valence-corrected chi connectivity index (χ2v) is 3.41. The molecule has 0 aromatic carbocycles. The highest BCUT2D eigenvalue weighted by Crippen LogP contribution is 2.19. The van der Waals surface area contributed by atoms with E-state index in [9.17, 15) is 9.59 Å². The molecule has 1 rings (SSSR count). The normalized spacial score (nSPS) is 14.5. The van der Waals surface area contributed by atoms with Gasteiger partial charge in [-0.05, 0) is 6.42 Å². The number of nitrogens with one attached hydrogen (secondary N) is 1. The van der Waals surface area contributed by atoms with Crippen molar-refractivity contribution in [1.29, 1.82) is 0 Å². The molecule has 1 aliphatic carbocycles. The quantitative estimate of drug-likeness (QED) is 0.760. The Morgan fingerprint density at radius 1 is 1.17 bits per heavy atom. The Hall–Kier alpha value is -1.90. The Morgan fingerprint density at radius 3 is 2.17 bits per heavy atom. The largest absolute Gasteiger partial charge is 0.382 e. The van der Waals surface area contributed by atoms with Gasteiger partial charge in [-0.3, -0.25) is 9.59 Å². The van der Waals surface area contributed by atoms with E-state index in [1.165, 1.54) is 18.2 Å². The lowest BCUT2D eigenvalue weighted by molar-refractivity contribution is -0.115. The van der Waals surface area contributed by atoms with Gasteiger partial charge in [0.25, 0.3) is 0 Å². The van der Waals surface area contributed by atoms with Crippen LogP contribution in [0.3, 0.4) is 0 Å². The fourth-order valence-corrected chi connectivity index (χ4v) is 1.48. The lowest BCUT2D eigenvalue weighted by Crippen LogP contribution is -2.27. The molecule has 0 bridgehead atoms. The molecule has 0 fully saturated rings. The minimum Gasteiger partial charge on any atom is -0.382 e. The number of carbonyl (C=O) groups is 2. The Bertz CT molecular complexity index is 414. The maximum atomic E-state index is 11.9. The van der Waals surface area contributed by atoms with Crippen LogP contribution >= 0.6 is 0 Å². The van der Waals surface area contributed by atoms with E-state index in [1.807, 2.05) is 20.8 Å². The Balaban J connectivity index is 0.00000137. The van der Waals surface area contributed by atoms with Crippen LogP contribution in [0.1, 0.15) is 27.2 Å². The van der Waals surface area contributed by atoms with Gasteiger partial charge < -0.3 is 5.32 Å². The van der Waals surface area contributed by atoms with Crippen LogP contribution in [0.5, 0.6) is 0 Å². The van der Waals surface area contributed by atoms with Crippen molar-refractivity contribution >= 4 is 11.6 Å². The van der Waals surface area contributed by atoms with Crippen molar-refractivity contribution < 1.29 is 9.59 Å². The molecule has 0 heterocycles. The number of hydrogen-bond donors (Lipinski definition) is 1. The van der Waals surface area contributed by atoms with Crippen LogP contribution in [-0.4, -0.2) is 18.1 Å². The SMILES string of the molecule is C=CC1=C(C=C)C(=O)C(NCCC)=CC1=O.CC. The van der Waals surface area contributed by atoms with E-state index in [-0.39, 0.29) is 11.6 Å². The van der Waals surface area contributed by atoms with Crippen LogP contribution in [0.4, 0.5) is 0 Å². The van der Waals surface area contributed by atoms with Crippen LogP contribution in [0.25, 0.3) is 0 Å². The van der Waals surface area contributed by atoms with Crippen molar-refractivity contribution in [1.82, 2.24) is 5.32 Å². The Labute approximate surface area is 109 Å². The highest BCUT2D eigenvalue weighted by molar-refractivity contribution is 6.24. The zero-order valence-electron chi connectivity index (χ0n) is 11.4. The molecule has 3 heteroatoms. The van der Waals surface area contributed by atoms with E-state index in [0.717, 1.165) is 6.42 Å². The van der Waals surface area contributed by atoms with Crippen molar-refractivity contribution in [3.63, 3.8) is 0 Å². The van der Waals surface area contributed by atoms with Crippen molar-refractivity contribution in [2.75, 3.05) is 6.54 Å². The van der Waals surface area contributed by atoms with Gasteiger partial charge in [-0.1, -0.05) is 46.1 Å². The first-order chi connectivity index (χ1) is 8.65. The minimum atomic E-state index is -0.205. The monoisotopic (exact) mass is 247 g/mol. The van der Waals surface area contributed by atoms with Gasteiger partial charge in [-0.25, -0.2) is 0 Å². The van der Waals surface area contributed by atoms with Crippen LogP contribution in [0, 0.1) is 0 Å². The summed E-state index contributed by atoms with van der Waals surface area (Å²) in [7, 11) is 0. The Morgan fingerprint density at radius 2 is 1.72 bits per heavy atom. The zero-order valence-corrected chi connectivity index (χ0v) is 11.4. The average Bonchev–Trinajstić information content (AvgIpc) is 2.41. The number of allylic oxidation sites excluding steroid dienone is 5. The van der Waals surface area contributed by atoms with Crippen molar-refractivity contribution in [2.45, 2.75) is 27.2 Å². The van der Waals surface area contributed by atoms with Crippen LogP contribution in [-0.2, 0) is 9.59 Å². The van der Waals surface area contributed by atoms with Crippen molar-refractivity contribution in [3.8, 4) is 0 Å². The van der Waals surface area contributed by atoms with Gasteiger partial charge >= 0.3 is 0 Å². The van der Waals surface area contributed by atoms with E-state index in [2.05, 4.69) is 18.5 Å². The molecule has 0 amide bonds. The second-order valence-electron chi connectivity index (χ2n) is 3.41. The molecule has 0 aromatic heterocycles. The maximum absolute atomic E-state index is 11.9. The highest BCUT2D eigenvalue weighted by atomic mass is 16.1. The number of Topliss-reactive ketones (excluding diaryl/α,β-unsaturated/α-hetero) is 1. The molecule has 18 heavy (non-hydrogen) atoms. The summed E-state index contributed by atoms with van der Waals surface area (Å²) < 4.78 is 0. The first kappa shape index (κ1) is 16.1. The Kier molecular flexibility index (Phi) is 7.36. The number of rotatable bonds is 5. The van der Waals surface area contributed by atoms with Gasteiger partial charge in [0.2, 0.25) is 5.78 Å². The highest BCUT2D eigenvalue weighted by Gasteiger charge is 2.24. The molecule has 0 saturated heterocycles. The fraction of sp³-hybridized carbons (Fsp3) is 0.333. The van der Waals surface area contributed by atoms with Gasteiger partial charge in [0.15, 0.2) is 5.78 Å². The minimum absolute atomic E-state index is 0.196. The number of hydrogen-bond acceptors (Lipinski definition) is 3. The summed E-state index contributed by atoms with van der Waals surface area (Å²) >= 11 is 0. The predicted octanol–water partition coefficient (Wildman–Crippen LogP) is 2.72. The van der Waals surface area contributed by atoms with Gasteiger partial charge in [-0.15, -0.1) is 0 Å². The van der Waals surface area contributed by atoms with Crippen LogP contribution in [0.2, 0.25) is 0 Å². The zero-order chi connectivity index (χ0) is 14.1. The fourth-order valence-electron chi connectivity index (χ4n) is 1.48. The second kappa shape index (κ2) is 8.23. The van der Waals surface area contributed by atoms with E-state index in [1.54, 1.807) is 0 Å². The molecule has 0 radical (unpaired) electrons. The molecule has 1 aliphatic rings. The summed E-state index contributed by atoms with van der Waals surface area (Å²) in [4.78, 5) is 23.6. The van der Waals surface area contributed by atoms with Gasteiger partial charge in [-0.2, -0.15) is 0 Å². The molecule has 0 aliphatic heterocycles. The van der Waals surface area contributed by atoms with Crippen LogP contribution < -0.4 is 5.32 Å². The number of carbonyl (C=O) groups excluding carboxylic acids is 2. The molecule has 98 valence electrons. The van der Waals surface area contributed by atoms with Crippen molar-refractivity contribution in [2.24, 2.45) is 0 Å².